The van der Waals surface area contributed by atoms with Gasteiger partial charge >= 0.3 is 0 Å². The van der Waals surface area contributed by atoms with Crippen LogP contribution in [0.15, 0.2) is 47.8 Å². The number of allylic oxidation sites excluding steroid dienone is 4. The van der Waals surface area contributed by atoms with Crippen molar-refractivity contribution in [2.45, 2.75) is 52.9 Å². The molecule has 1 unspecified atom stereocenters. The van der Waals surface area contributed by atoms with Crippen LogP contribution in [0, 0.1) is 0 Å². The standard InChI is InChI=1S/C17H25N/c1-14(2)6-5-7-15(3)8-9-16(4)17-10-12-18-13-11-17/h6,8,10-13,16H,5,7,9H2,1-4H3/b15-8-. The molecule has 0 aliphatic rings. The molecule has 1 nitrogen and oxygen atoms in total. The van der Waals surface area contributed by atoms with Crippen molar-refractivity contribution < 1.29 is 0 Å². The molecule has 0 radical (unpaired) electrons. The van der Waals surface area contributed by atoms with E-state index in [4.69, 9.17) is 0 Å². The number of rotatable bonds is 6. The summed E-state index contributed by atoms with van der Waals surface area (Å²) in [6.45, 7) is 8.82. The van der Waals surface area contributed by atoms with Gasteiger partial charge in [-0.2, -0.15) is 0 Å². The highest BCUT2D eigenvalue weighted by Crippen LogP contribution is 2.20. The Morgan fingerprint density at radius 3 is 2.44 bits per heavy atom. The van der Waals surface area contributed by atoms with Gasteiger partial charge in [-0.15, -0.1) is 0 Å². The SMILES string of the molecule is CC(C)=CCC/C(C)=C\CC(C)c1ccncc1. The number of hydrogen-bond acceptors (Lipinski definition) is 1. The van der Waals surface area contributed by atoms with Gasteiger partial charge in [-0.25, -0.2) is 0 Å². The quantitative estimate of drug-likeness (QED) is 0.620. The van der Waals surface area contributed by atoms with E-state index in [9.17, 15) is 0 Å². The minimum absolute atomic E-state index is 0.575. The van der Waals surface area contributed by atoms with Crippen molar-refractivity contribution in [1.29, 1.82) is 0 Å². The molecular formula is C17H25N. The van der Waals surface area contributed by atoms with Crippen LogP contribution >= 0.6 is 0 Å². The number of nitrogens with zero attached hydrogens (tertiary/aromatic N) is 1. The van der Waals surface area contributed by atoms with Gasteiger partial charge in [0.2, 0.25) is 0 Å². The maximum absolute atomic E-state index is 4.06. The molecule has 1 atom stereocenters. The first kappa shape index (κ1) is 14.7. The highest BCUT2D eigenvalue weighted by molar-refractivity contribution is 5.16. The maximum Gasteiger partial charge on any atom is 0.0270 e. The Kier molecular flexibility index (Phi) is 6.42. The van der Waals surface area contributed by atoms with Crippen LogP contribution in [0.2, 0.25) is 0 Å². The summed E-state index contributed by atoms with van der Waals surface area (Å²) in [6, 6.07) is 4.22. The van der Waals surface area contributed by atoms with E-state index < -0.39 is 0 Å². The topological polar surface area (TPSA) is 12.9 Å². The lowest BCUT2D eigenvalue weighted by molar-refractivity contribution is 0.769. The molecule has 0 amide bonds. The molecular weight excluding hydrogens is 218 g/mol. The van der Waals surface area contributed by atoms with Gasteiger partial charge in [0, 0.05) is 12.4 Å². The second-order valence-electron chi connectivity index (χ2n) is 5.29. The average Bonchev–Trinajstić information content (AvgIpc) is 2.36. The Morgan fingerprint density at radius 1 is 1.17 bits per heavy atom. The van der Waals surface area contributed by atoms with Crippen LogP contribution in [-0.2, 0) is 0 Å². The van der Waals surface area contributed by atoms with Crippen molar-refractivity contribution in [3.05, 3.63) is 53.4 Å². The molecule has 1 aromatic heterocycles. The first-order valence-corrected chi connectivity index (χ1v) is 6.78. The van der Waals surface area contributed by atoms with E-state index in [1.54, 1.807) is 0 Å². The van der Waals surface area contributed by atoms with E-state index in [-0.39, 0.29) is 0 Å². The Balaban J connectivity index is 2.41. The molecule has 0 aliphatic carbocycles. The van der Waals surface area contributed by atoms with Gasteiger partial charge in [0.25, 0.3) is 0 Å². The second kappa shape index (κ2) is 7.86. The lowest BCUT2D eigenvalue weighted by Gasteiger charge is -2.09. The smallest absolute Gasteiger partial charge is 0.0270 e. The van der Waals surface area contributed by atoms with Crippen LogP contribution in [0.1, 0.15) is 58.4 Å². The highest BCUT2D eigenvalue weighted by atomic mass is 14.6. The molecule has 0 bridgehead atoms. The first-order chi connectivity index (χ1) is 8.59. The van der Waals surface area contributed by atoms with Gasteiger partial charge in [-0.3, -0.25) is 4.98 Å². The van der Waals surface area contributed by atoms with E-state index in [1.807, 2.05) is 12.4 Å². The van der Waals surface area contributed by atoms with E-state index in [0.717, 1.165) is 12.8 Å². The zero-order chi connectivity index (χ0) is 13.4. The van der Waals surface area contributed by atoms with Crippen molar-refractivity contribution in [1.82, 2.24) is 4.98 Å². The highest BCUT2D eigenvalue weighted by Gasteiger charge is 2.02. The summed E-state index contributed by atoms with van der Waals surface area (Å²) >= 11 is 0. The predicted molar refractivity (Wildman–Crippen MR) is 79.7 cm³/mol. The third kappa shape index (κ3) is 5.81. The van der Waals surface area contributed by atoms with Crippen LogP contribution in [-0.4, -0.2) is 4.98 Å². The molecule has 0 saturated heterocycles. The third-order valence-electron chi connectivity index (χ3n) is 3.19. The molecule has 18 heavy (non-hydrogen) atoms. The minimum Gasteiger partial charge on any atom is -0.265 e. The van der Waals surface area contributed by atoms with E-state index in [0.29, 0.717) is 5.92 Å². The lowest BCUT2D eigenvalue weighted by atomic mass is 9.97. The van der Waals surface area contributed by atoms with Crippen LogP contribution in [0.5, 0.6) is 0 Å². The van der Waals surface area contributed by atoms with Crippen LogP contribution in [0.4, 0.5) is 0 Å². The normalized spacial score (nSPS) is 13.2. The van der Waals surface area contributed by atoms with E-state index in [2.05, 4.69) is 57.0 Å². The van der Waals surface area contributed by atoms with Gasteiger partial charge in [0.15, 0.2) is 0 Å². The molecule has 0 spiro atoms. The Hall–Kier alpha value is -1.37. The molecule has 1 rings (SSSR count). The van der Waals surface area contributed by atoms with Crippen molar-refractivity contribution in [3.63, 3.8) is 0 Å². The van der Waals surface area contributed by atoms with Crippen LogP contribution in [0.25, 0.3) is 0 Å². The van der Waals surface area contributed by atoms with Gasteiger partial charge in [0.05, 0.1) is 0 Å². The van der Waals surface area contributed by atoms with Crippen LogP contribution < -0.4 is 0 Å². The molecule has 0 aliphatic heterocycles. The summed E-state index contributed by atoms with van der Waals surface area (Å²) in [7, 11) is 0. The zero-order valence-electron chi connectivity index (χ0n) is 12.1. The molecule has 1 aromatic rings. The molecule has 0 aromatic carbocycles. The predicted octanol–water partition coefficient (Wildman–Crippen LogP) is 5.27. The van der Waals surface area contributed by atoms with Gasteiger partial charge in [0.1, 0.15) is 0 Å². The van der Waals surface area contributed by atoms with Crippen LogP contribution in [0.3, 0.4) is 0 Å². The number of hydrogen-bond donors (Lipinski definition) is 0. The molecule has 98 valence electrons. The summed E-state index contributed by atoms with van der Waals surface area (Å²) < 4.78 is 0. The summed E-state index contributed by atoms with van der Waals surface area (Å²) in [5.41, 5.74) is 4.28. The van der Waals surface area contributed by atoms with Crippen molar-refractivity contribution in [2.24, 2.45) is 0 Å². The Labute approximate surface area is 112 Å². The average molecular weight is 243 g/mol. The number of aromatic nitrogens is 1. The summed E-state index contributed by atoms with van der Waals surface area (Å²) in [5, 5.41) is 0. The molecule has 1 heterocycles. The summed E-state index contributed by atoms with van der Waals surface area (Å²) in [4.78, 5) is 4.06. The molecule has 1 heteroatoms. The molecule has 0 N–H and O–H groups in total. The Morgan fingerprint density at radius 2 is 1.83 bits per heavy atom. The molecule has 0 fully saturated rings. The lowest BCUT2D eigenvalue weighted by Crippen LogP contribution is -1.92. The van der Waals surface area contributed by atoms with Crippen molar-refractivity contribution in [3.8, 4) is 0 Å². The number of pyridine rings is 1. The van der Waals surface area contributed by atoms with Crippen molar-refractivity contribution >= 4 is 0 Å². The monoisotopic (exact) mass is 243 g/mol. The molecule has 0 saturated carbocycles. The fourth-order valence-corrected chi connectivity index (χ4v) is 1.90. The van der Waals surface area contributed by atoms with Gasteiger partial charge < -0.3 is 0 Å². The first-order valence-electron chi connectivity index (χ1n) is 6.78. The minimum atomic E-state index is 0.575. The summed E-state index contributed by atoms with van der Waals surface area (Å²) in [6.07, 6.45) is 11.9. The van der Waals surface area contributed by atoms with E-state index in [1.165, 1.54) is 23.1 Å². The van der Waals surface area contributed by atoms with Gasteiger partial charge in [-0.05, 0) is 63.6 Å². The second-order valence-corrected chi connectivity index (χ2v) is 5.29. The maximum atomic E-state index is 4.06. The third-order valence-corrected chi connectivity index (χ3v) is 3.19. The fraction of sp³-hybridized carbons (Fsp3) is 0.471. The van der Waals surface area contributed by atoms with Crippen molar-refractivity contribution in [2.75, 3.05) is 0 Å². The Bertz CT molecular complexity index is 397. The summed E-state index contributed by atoms with van der Waals surface area (Å²) in [5.74, 6) is 0.575. The van der Waals surface area contributed by atoms with Gasteiger partial charge in [-0.1, -0.05) is 30.2 Å². The van der Waals surface area contributed by atoms with E-state index >= 15 is 0 Å². The zero-order valence-corrected chi connectivity index (χ0v) is 12.1. The fourth-order valence-electron chi connectivity index (χ4n) is 1.90. The largest absolute Gasteiger partial charge is 0.265 e.